The lowest BCUT2D eigenvalue weighted by Gasteiger charge is -2.13. The van der Waals surface area contributed by atoms with E-state index in [9.17, 15) is 8.42 Å². The van der Waals surface area contributed by atoms with Crippen molar-refractivity contribution in [3.63, 3.8) is 0 Å². The molecule has 0 bridgehead atoms. The van der Waals surface area contributed by atoms with Crippen LogP contribution in [0.5, 0.6) is 0 Å². The number of rotatable bonds is 9. The molecule has 0 saturated carbocycles. The molecule has 156 valence electrons. The summed E-state index contributed by atoms with van der Waals surface area (Å²) in [6.07, 6.45) is 1.55. The second-order valence-electron chi connectivity index (χ2n) is 7.72. The fourth-order valence-corrected chi connectivity index (χ4v) is 4.49. The van der Waals surface area contributed by atoms with Crippen LogP contribution in [-0.4, -0.2) is 50.1 Å². The number of sulfonamides is 1. The minimum Gasteiger partial charge on any atom is -0.328 e. The summed E-state index contributed by atoms with van der Waals surface area (Å²) in [5.74, 6) is 0.910. The minimum atomic E-state index is -3.53. The summed E-state index contributed by atoms with van der Waals surface area (Å²) in [6, 6.07) is 13.3. The highest BCUT2D eigenvalue weighted by atomic mass is 32.2. The summed E-state index contributed by atoms with van der Waals surface area (Å²) in [5.41, 5.74) is 4.09. The average Bonchev–Trinajstić information content (AvgIpc) is 3.01. The van der Waals surface area contributed by atoms with Crippen molar-refractivity contribution in [1.82, 2.24) is 19.2 Å². The van der Waals surface area contributed by atoms with Gasteiger partial charge in [0.25, 0.3) is 0 Å². The zero-order valence-electron chi connectivity index (χ0n) is 17.6. The highest BCUT2D eigenvalue weighted by Gasteiger charge is 2.16. The summed E-state index contributed by atoms with van der Waals surface area (Å²) >= 11 is 0. The van der Waals surface area contributed by atoms with Crippen molar-refractivity contribution >= 4 is 21.1 Å². The third-order valence-electron chi connectivity index (χ3n) is 5.15. The molecule has 3 aromatic rings. The zero-order valence-corrected chi connectivity index (χ0v) is 18.5. The van der Waals surface area contributed by atoms with Crippen molar-refractivity contribution in [1.29, 1.82) is 0 Å². The summed E-state index contributed by atoms with van der Waals surface area (Å²) < 4.78 is 30.2. The highest BCUT2D eigenvalue weighted by Crippen LogP contribution is 2.18. The van der Waals surface area contributed by atoms with E-state index in [0.717, 1.165) is 47.5 Å². The molecular formula is C22H30N4O2S. The van der Waals surface area contributed by atoms with Crippen LogP contribution in [0.3, 0.4) is 0 Å². The molecule has 0 radical (unpaired) electrons. The van der Waals surface area contributed by atoms with Crippen LogP contribution in [0, 0.1) is 13.8 Å². The largest absolute Gasteiger partial charge is 0.328 e. The van der Waals surface area contributed by atoms with Crippen molar-refractivity contribution < 1.29 is 8.42 Å². The van der Waals surface area contributed by atoms with Gasteiger partial charge in [0, 0.05) is 19.5 Å². The van der Waals surface area contributed by atoms with Crippen LogP contribution in [0.15, 0.2) is 47.4 Å². The predicted molar refractivity (Wildman–Crippen MR) is 118 cm³/mol. The van der Waals surface area contributed by atoms with E-state index in [1.54, 1.807) is 12.1 Å². The highest BCUT2D eigenvalue weighted by molar-refractivity contribution is 7.89. The van der Waals surface area contributed by atoms with Gasteiger partial charge in [-0.15, -0.1) is 0 Å². The molecule has 1 N–H and O–H groups in total. The molecule has 6 nitrogen and oxygen atoms in total. The van der Waals surface area contributed by atoms with Crippen molar-refractivity contribution in [2.24, 2.45) is 0 Å². The standard InChI is InChI=1S/C22H30N4O2S/c1-17-10-11-19(16-18(17)2)29(27,28)23-13-12-22-24-20-8-5-6-9-21(20)26(22)15-7-14-25(3)4/h5-6,8-11,16,23H,7,12-15H2,1-4H3. The lowest BCUT2D eigenvalue weighted by Crippen LogP contribution is -2.27. The molecule has 0 saturated heterocycles. The van der Waals surface area contributed by atoms with Gasteiger partial charge in [-0.1, -0.05) is 18.2 Å². The van der Waals surface area contributed by atoms with Gasteiger partial charge in [-0.25, -0.2) is 18.1 Å². The number of nitrogens with one attached hydrogen (secondary N) is 1. The summed E-state index contributed by atoms with van der Waals surface area (Å²) in [5, 5.41) is 0. The molecule has 1 heterocycles. The number of imidazole rings is 1. The first-order valence-corrected chi connectivity index (χ1v) is 11.4. The van der Waals surface area contributed by atoms with Crippen LogP contribution in [0.4, 0.5) is 0 Å². The molecular weight excluding hydrogens is 384 g/mol. The topological polar surface area (TPSA) is 67.2 Å². The zero-order chi connectivity index (χ0) is 21.0. The van der Waals surface area contributed by atoms with E-state index >= 15 is 0 Å². The number of hydrogen-bond acceptors (Lipinski definition) is 4. The van der Waals surface area contributed by atoms with E-state index in [1.165, 1.54) is 0 Å². The number of benzene rings is 2. The summed E-state index contributed by atoms with van der Waals surface area (Å²) in [4.78, 5) is 7.21. The Morgan fingerprint density at radius 1 is 1.07 bits per heavy atom. The van der Waals surface area contributed by atoms with E-state index in [1.807, 2.05) is 38.1 Å². The number of aromatic nitrogens is 2. The van der Waals surface area contributed by atoms with Gasteiger partial charge in [-0.2, -0.15) is 0 Å². The third-order valence-corrected chi connectivity index (χ3v) is 6.61. The molecule has 0 aliphatic heterocycles. The maximum atomic E-state index is 12.6. The molecule has 0 atom stereocenters. The minimum absolute atomic E-state index is 0.306. The Balaban J connectivity index is 1.73. The van der Waals surface area contributed by atoms with E-state index in [-0.39, 0.29) is 0 Å². The van der Waals surface area contributed by atoms with Crippen LogP contribution < -0.4 is 4.72 Å². The molecule has 3 rings (SSSR count). The van der Waals surface area contributed by atoms with E-state index in [2.05, 4.69) is 34.4 Å². The van der Waals surface area contributed by atoms with Gasteiger partial charge in [-0.05, 0) is 76.3 Å². The fraction of sp³-hybridized carbons (Fsp3) is 0.409. The normalized spacial score (nSPS) is 12.2. The SMILES string of the molecule is Cc1ccc(S(=O)(=O)NCCc2nc3ccccc3n2CCCN(C)C)cc1C. The van der Waals surface area contributed by atoms with Gasteiger partial charge >= 0.3 is 0 Å². The molecule has 0 spiro atoms. The van der Waals surface area contributed by atoms with Crippen molar-refractivity contribution in [3.8, 4) is 0 Å². The Hall–Kier alpha value is -2.22. The quantitative estimate of drug-likeness (QED) is 0.584. The van der Waals surface area contributed by atoms with Crippen LogP contribution >= 0.6 is 0 Å². The van der Waals surface area contributed by atoms with Crippen molar-refractivity contribution in [2.45, 2.75) is 38.1 Å². The maximum Gasteiger partial charge on any atom is 0.240 e. The molecule has 0 aliphatic carbocycles. The molecule has 7 heteroatoms. The summed E-state index contributed by atoms with van der Waals surface area (Å²) in [7, 11) is 0.593. The number of para-hydroxylation sites is 2. The Morgan fingerprint density at radius 2 is 1.83 bits per heavy atom. The lowest BCUT2D eigenvalue weighted by atomic mass is 10.1. The van der Waals surface area contributed by atoms with Gasteiger partial charge in [0.15, 0.2) is 0 Å². The number of fused-ring (bicyclic) bond motifs is 1. The maximum absolute atomic E-state index is 12.6. The second kappa shape index (κ2) is 9.07. The lowest BCUT2D eigenvalue weighted by molar-refractivity contribution is 0.386. The predicted octanol–water partition coefficient (Wildman–Crippen LogP) is 3.13. The molecule has 29 heavy (non-hydrogen) atoms. The molecule has 2 aromatic carbocycles. The van der Waals surface area contributed by atoms with Gasteiger partial charge in [0.05, 0.1) is 15.9 Å². The van der Waals surface area contributed by atoms with Crippen molar-refractivity contribution in [2.75, 3.05) is 27.2 Å². The first-order chi connectivity index (χ1) is 13.8. The number of hydrogen-bond donors (Lipinski definition) is 1. The monoisotopic (exact) mass is 414 g/mol. The Bertz CT molecular complexity index is 1090. The van der Waals surface area contributed by atoms with Crippen LogP contribution in [0.1, 0.15) is 23.4 Å². The van der Waals surface area contributed by atoms with Crippen LogP contribution in [0.25, 0.3) is 11.0 Å². The Morgan fingerprint density at radius 3 is 2.55 bits per heavy atom. The van der Waals surface area contributed by atoms with Crippen molar-refractivity contribution in [3.05, 3.63) is 59.4 Å². The summed E-state index contributed by atoms with van der Waals surface area (Å²) in [6.45, 7) is 6.06. The van der Waals surface area contributed by atoms with Gasteiger partial charge in [-0.3, -0.25) is 0 Å². The fourth-order valence-electron chi connectivity index (χ4n) is 3.37. The van der Waals surface area contributed by atoms with E-state index < -0.39 is 10.0 Å². The molecule has 1 aromatic heterocycles. The van der Waals surface area contributed by atoms with E-state index in [4.69, 9.17) is 4.98 Å². The van der Waals surface area contributed by atoms with Gasteiger partial charge in [0.1, 0.15) is 5.82 Å². The van der Waals surface area contributed by atoms with E-state index in [0.29, 0.717) is 17.9 Å². The number of nitrogens with zero attached hydrogens (tertiary/aromatic N) is 3. The molecule has 0 unspecified atom stereocenters. The average molecular weight is 415 g/mol. The molecule has 0 amide bonds. The second-order valence-corrected chi connectivity index (χ2v) is 9.49. The third kappa shape index (κ3) is 5.23. The van der Waals surface area contributed by atoms with Gasteiger partial charge in [0.2, 0.25) is 10.0 Å². The van der Waals surface area contributed by atoms with Crippen LogP contribution in [0.2, 0.25) is 0 Å². The Labute approximate surface area is 173 Å². The van der Waals surface area contributed by atoms with Crippen LogP contribution in [-0.2, 0) is 23.0 Å². The van der Waals surface area contributed by atoms with Gasteiger partial charge < -0.3 is 9.47 Å². The first kappa shape index (κ1) is 21.5. The first-order valence-electron chi connectivity index (χ1n) is 9.94. The Kier molecular flexibility index (Phi) is 6.72. The molecule has 0 fully saturated rings. The molecule has 0 aliphatic rings. The number of aryl methyl sites for hydroxylation is 3. The smallest absolute Gasteiger partial charge is 0.240 e.